The maximum atomic E-state index is 12.2. The van der Waals surface area contributed by atoms with Gasteiger partial charge in [0, 0.05) is 17.3 Å². The number of aromatic amines is 1. The normalized spacial score (nSPS) is 11.9. The summed E-state index contributed by atoms with van der Waals surface area (Å²) in [5, 5.41) is 3.75. The summed E-state index contributed by atoms with van der Waals surface area (Å²) in [6, 6.07) is 11.0. The van der Waals surface area contributed by atoms with Crippen LogP contribution < -0.4 is 14.8 Å². The quantitative estimate of drug-likeness (QED) is 0.728. The van der Waals surface area contributed by atoms with Crippen molar-refractivity contribution < 1.29 is 14.3 Å². The van der Waals surface area contributed by atoms with Crippen molar-refractivity contribution in [3.05, 3.63) is 48.8 Å². The van der Waals surface area contributed by atoms with Gasteiger partial charge in [0.1, 0.15) is 17.1 Å². The Morgan fingerprint density at radius 1 is 1.25 bits per heavy atom. The molecule has 0 saturated heterocycles. The van der Waals surface area contributed by atoms with E-state index in [1.807, 2.05) is 37.4 Å². The third-order valence-electron chi connectivity index (χ3n) is 3.49. The second-order valence-corrected chi connectivity index (χ2v) is 5.29. The SMILES string of the molecule is CCOc1ccc(NC(=O)C(C)Oc2cnc3[nH]ccc3c2)cc1. The minimum atomic E-state index is -0.644. The van der Waals surface area contributed by atoms with Crippen LogP contribution in [0.2, 0.25) is 0 Å². The molecule has 0 spiro atoms. The minimum Gasteiger partial charge on any atom is -0.494 e. The number of carbonyl (C=O) groups is 1. The lowest BCUT2D eigenvalue weighted by Gasteiger charge is -2.14. The number of ether oxygens (including phenoxy) is 2. The van der Waals surface area contributed by atoms with Gasteiger partial charge in [-0.3, -0.25) is 4.79 Å². The lowest BCUT2D eigenvalue weighted by molar-refractivity contribution is -0.122. The van der Waals surface area contributed by atoms with Gasteiger partial charge in [-0.05, 0) is 50.2 Å². The average molecular weight is 325 g/mol. The molecule has 24 heavy (non-hydrogen) atoms. The summed E-state index contributed by atoms with van der Waals surface area (Å²) < 4.78 is 11.0. The first-order valence-corrected chi connectivity index (χ1v) is 7.79. The number of hydrogen-bond acceptors (Lipinski definition) is 4. The van der Waals surface area contributed by atoms with Crippen LogP contribution in [0.15, 0.2) is 48.8 Å². The number of nitrogens with zero attached hydrogens (tertiary/aromatic N) is 1. The van der Waals surface area contributed by atoms with Crippen LogP contribution in [0.5, 0.6) is 11.5 Å². The Balaban J connectivity index is 1.61. The van der Waals surface area contributed by atoms with Gasteiger partial charge < -0.3 is 19.8 Å². The van der Waals surface area contributed by atoms with Crippen LogP contribution in [0.25, 0.3) is 11.0 Å². The lowest BCUT2D eigenvalue weighted by atomic mass is 10.2. The van der Waals surface area contributed by atoms with Crippen molar-refractivity contribution in [1.29, 1.82) is 0 Å². The van der Waals surface area contributed by atoms with E-state index >= 15 is 0 Å². The Bertz CT molecular complexity index is 827. The van der Waals surface area contributed by atoms with Crippen molar-refractivity contribution in [3.63, 3.8) is 0 Å². The molecule has 0 aliphatic heterocycles. The zero-order valence-corrected chi connectivity index (χ0v) is 13.6. The van der Waals surface area contributed by atoms with E-state index in [0.717, 1.165) is 16.8 Å². The number of carbonyl (C=O) groups excluding carboxylic acids is 1. The maximum Gasteiger partial charge on any atom is 0.265 e. The predicted molar refractivity (Wildman–Crippen MR) is 92.4 cm³/mol. The molecule has 0 radical (unpaired) electrons. The Labute approximate surface area is 139 Å². The van der Waals surface area contributed by atoms with Crippen molar-refractivity contribution in [3.8, 4) is 11.5 Å². The third kappa shape index (κ3) is 3.65. The third-order valence-corrected chi connectivity index (χ3v) is 3.49. The van der Waals surface area contributed by atoms with E-state index in [2.05, 4.69) is 15.3 Å². The van der Waals surface area contributed by atoms with Crippen LogP contribution in [0.3, 0.4) is 0 Å². The predicted octanol–water partition coefficient (Wildman–Crippen LogP) is 3.37. The number of fused-ring (bicyclic) bond motifs is 1. The molecule has 1 unspecified atom stereocenters. The van der Waals surface area contributed by atoms with Crippen molar-refractivity contribution in [2.75, 3.05) is 11.9 Å². The van der Waals surface area contributed by atoms with E-state index in [9.17, 15) is 4.79 Å². The second kappa shape index (κ2) is 7.04. The number of aromatic nitrogens is 2. The number of anilines is 1. The second-order valence-electron chi connectivity index (χ2n) is 5.29. The summed E-state index contributed by atoms with van der Waals surface area (Å²) in [6.45, 7) is 4.23. The summed E-state index contributed by atoms with van der Waals surface area (Å²) >= 11 is 0. The molecule has 124 valence electrons. The molecule has 0 bridgehead atoms. The molecule has 6 heteroatoms. The van der Waals surface area contributed by atoms with Crippen LogP contribution in [0.1, 0.15) is 13.8 Å². The summed E-state index contributed by atoms with van der Waals surface area (Å²) in [7, 11) is 0. The molecule has 0 saturated carbocycles. The smallest absolute Gasteiger partial charge is 0.265 e. The first-order valence-electron chi connectivity index (χ1n) is 7.79. The topological polar surface area (TPSA) is 76.2 Å². The van der Waals surface area contributed by atoms with Gasteiger partial charge in [0.15, 0.2) is 6.10 Å². The van der Waals surface area contributed by atoms with E-state index in [0.29, 0.717) is 18.0 Å². The number of benzene rings is 1. The molecular weight excluding hydrogens is 306 g/mol. The van der Waals surface area contributed by atoms with Gasteiger partial charge in [0.05, 0.1) is 12.8 Å². The number of pyridine rings is 1. The number of hydrogen-bond donors (Lipinski definition) is 2. The van der Waals surface area contributed by atoms with Gasteiger partial charge in [0.2, 0.25) is 0 Å². The summed E-state index contributed by atoms with van der Waals surface area (Å²) in [5.74, 6) is 1.09. The molecule has 0 aliphatic rings. The van der Waals surface area contributed by atoms with Crippen molar-refractivity contribution in [2.24, 2.45) is 0 Å². The summed E-state index contributed by atoms with van der Waals surface area (Å²) in [5.41, 5.74) is 1.48. The van der Waals surface area contributed by atoms with Gasteiger partial charge in [0.25, 0.3) is 5.91 Å². The maximum absolute atomic E-state index is 12.2. The molecular formula is C18H19N3O3. The van der Waals surface area contributed by atoms with E-state index in [4.69, 9.17) is 9.47 Å². The highest BCUT2D eigenvalue weighted by Gasteiger charge is 2.15. The van der Waals surface area contributed by atoms with Crippen LogP contribution in [-0.2, 0) is 4.79 Å². The number of amides is 1. The fourth-order valence-electron chi connectivity index (χ4n) is 2.29. The van der Waals surface area contributed by atoms with Crippen LogP contribution in [0.4, 0.5) is 5.69 Å². The number of nitrogens with one attached hydrogen (secondary N) is 2. The van der Waals surface area contributed by atoms with Crippen molar-refractivity contribution in [1.82, 2.24) is 9.97 Å². The fourth-order valence-corrected chi connectivity index (χ4v) is 2.29. The van der Waals surface area contributed by atoms with E-state index in [1.54, 1.807) is 25.3 Å². The highest BCUT2D eigenvalue weighted by atomic mass is 16.5. The first-order chi connectivity index (χ1) is 11.7. The van der Waals surface area contributed by atoms with Gasteiger partial charge in [-0.2, -0.15) is 0 Å². The molecule has 1 atom stereocenters. The van der Waals surface area contributed by atoms with Gasteiger partial charge in [-0.1, -0.05) is 0 Å². The Hall–Kier alpha value is -3.02. The van der Waals surface area contributed by atoms with E-state index in [1.165, 1.54) is 0 Å². The number of H-pyrrole nitrogens is 1. The van der Waals surface area contributed by atoms with Crippen molar-refractivity contribution >= 4 is 22.6 Å². The zero-order chi connectivity index (χ0) is 16.9. The molecule has 1 amide bonds. The average Bonchev–Trinajstić information content (AvgIpc) is 3.04. The van der Waals surface area contributed by atoms with Crippen molar-refractivity contribution in [2.45, 2.75) is 20.0 Å². The highest BCUT2D eigenvalue weighted by Crippen LogP contribution is 2.19. The molecule has 3 aromatic rings. The monoisotopic (exact) mass is 325 g/mol. The zero-order valence-electron chi connectivity index (χ0n) is 13.6. The van der Waals surface area contributed by atoms with Crippen LogP contribution >= 0.6 is 0 Å². The number of rotatable bonds is 6. The molecule has 0 fully saturated rings. The Morgan fingerprint density at radius 3 is 2.79 bits per heavy atom. The highest BCUT2D eigenvalue weighted by molar-refractivity contribution is 5.94. The summed E-state index contributed by atoms with van der Waals surface area (Å²) in [6.07, 6.45) is 2.76. The standard InChI is InChI=1S/C18H19N3O3/c1-3-23-15-6-4-14(5-7-15)21-18(22)12(2)24-16-10-13-8-9-19-17(13)20-11-16/h4-12H,3H2,1-2H3,(H,19,20)(H,21,22). The Kier molecular flexibility index (Phi) is 4.65. The molecule has 3 rings (SSSR count). The van der Waals surface area contributed by atoms with E-state index in [-0.39, 0.29) is 5.91 Å². The van der Waals surface area contributed by atoms with Gasteiger partial charge >= 0.3 is 0 Å². The van der Waals surface area contributed by atoms with Crippen LogP contribution in [0, 0.1) is 0 Å². The molecule has 1 aromatic carbocycles. The molecule has 6 nitrogen and oxygen atoms in total. The Morgan fingerprint density at radius 2 is 2.04 bits per heavy atom. The first kappa shape index (κ1) is 15.9. The van der Waals surface area contributed by atoms with Gasteiger partial charge in [-0.15, -0.1) is 0 Å². The fraction of sp³-hybridized carbons (Fsp3) is 0.222. The van der Waals surface area contributed by atoms with Gasteiger partial charge in [-0.25, -0.2) is 4.98 Å². The largest absolute Gasteiger partial charge is 0.494 e. The lowest BCUT2D eigenvalue weighted by Crippen LogP contribution is -2.30. The molecule has 2 aromatic heterocycles. The molecule has 0 aliphatic carbocycles. The minimum absolute atomic E-state index is 0.228. The molecule has 2 heterocycles. The summed E-state index contributed by atoms with van der Waals surface area (Å²) in [4.78, 5) is 19.5. The van der Waals surface area contributed by atoms with Crippen LogP contribution in [-0.4, -0.2) is 28.6 Å². The van der Waals surface area contributed by atoms with E-state index < -0.39 is 6.10 Å². The molecule has 2 N–H and O–H groups in total.